The second-order valence-electron chi connectivity index (χ2n) is 5.26. The van der Waals surface area contributed by atoms with Gasteiger partial charge in [0, 0.05) is 18.3 Å². The summed E-state index contributed by atoms with van der Waals surface area (Å²) < 4.78 is 30.2. The van der Waals surface area contributed by atoms with Crippen LogP contribution in [-0.4, -0.2) is 40.1 Å². The minimum atomic E-state index is -3.72. The predicted molar refractivity (Wildman–Crippen MR) is 94.1 cm³/mol. The van der Waals surface area contributed by atoms with Gasteiger partial charge in [0.05, 0.1) is 19.1 Å². The Labute approximate surface area is 147 Å². The molecule has 2 aromatic rings. The summed E-state index contributed by atoms with van der Waals surface area (Å²) in [5.41, 5.74) is 1.85. The molecule has 1 N–H and O–H groups in total. The number of sulfonamides is 1. The van der Waals surface area contributed by atoms with Gasteiger partial charge in [-0.25, -0.2) is 8.42 Å². The van der Waals surface area contributed by atoms with Crippen LogP contribution in [0.5, 0.6) is 5.75 Å². The average molecular weight is 364 g/mol. The zero-order valence-corrected chi connectivity index (χ0v) is 15.3. The van der Waals surface area contributed by atoms with Gasteiger partial charge in [0.1, 0.15) is 5.75 Å². The fraction of sp³-hybridized carbons (Fsp3) is 0.235. The second kappa shape index (κ2) is 7.64. The van der Waals surface area contributed by atoms with Gasteiger partial charge in [0.25, 0.3) is 15.9 Å². The Bertz CT molecular complexity index is 863. The van der Waals surface area contributed by atoms with Crippen LogP contribution in [0.1, 0.15) is 15.9 Å². The number of aryl methyl sites for hydroxylation is 1. The monoisotopic (exact) mass is 364 g/mol. The minimum absolute atomic E-state index is 0.0619. The molecule has 0 aliphatic heterocycles. The summed E-state index contributed by atoms with van der Waals surface area (Å²) in [6, 6.07) is 11.0. The predicted octanol–water partition coefficient (Wildman–Crippen LogP) is 2.44. The van der Waals surface area contributed by atoms with Crippen LogP contribution >= 0.6 is 0 Å². The highest BCUT2D eigenvalue weighted by molar-refractivity contribution is 7.89. The second-order valence-corrected chi connectivity index (χ2v) is 7.20. The van der Waals surface area contributed by atoms with Gasteiger partial charge < -0.3 is 10.1 Å². The van der Waals surface area contributed by atoms with E-state index < -0.39 is 10.0 Å². The maximum Gasteiger partial charge on any atom is 0.264 e. The van der Waals surface area contributed by atoms with E-state index in [0.717, 1.165) is 10.0 Å². The Morgan fingerprint density at radius 3 is 2.28 bits per heavy atom. The van der Waals surface area contributed by atoms with E-state index in [1.165, 1.54) is 38.4 Å². The van der Waals surface area contributed by atoms with E-state index in [0.29, 0.717) is 17.0 Å². The van der Waals surface area contributed by atoms with Crippen LogP contribution in [0.25, 0.3) is 0 Å². The smallest absolute Gasteiger partial charge is 0.264 e. The minimum Gasteiger partial charge on any atom is -0.496 e. The molecule has 134 valence electrons. The lowest BCUT2D eigenvalue weighted by Gasteiger charge is -2.14. The molecule has 0 radical (unpaired) electrons. The molecular weight excluding hydrogens is 344 g/mol. The van der Waals surface area contributed by atoms with E-state index in [1.807, 2.05) is 6.92 Å². The maximum absolute atomic E-state index is 12.3. The van der Waals surface area contributed by atoms with Crippen LogP contribution in [0.4, 0.5) is 5.69 Å². The first-order chi connectivity index (χ1) is 11.8. The molecule has 0 aliphatic carbocycles. The largest absolute Gasteiger partial charge is 0.496 e. The van der Waals surface area contributed by atoms with Crippen molar-refractivity contribution in [1.82, 2.24) is 4.47 Å². The summed E-state index contributed by atoms with van der Waals surface area (Å²) >= 11 is 0. The van der Waals surface area contributed by atoms with Crippen molar-refractivity contribution >= 4 is 21.6 Å². The summed E-state index contributed by atoms with van der Waals surface area (Å²) in [6.45, 7) is 1.89. The Balaban J connectivity index is 2.17. The highest BCUT2D eigenvalue weighted by Crippen LogP contribution is 2.21. The molecule has 25 heavy (non-hydrogen) atoms. The molecular formula is C17H20N2O5S. The molecule has 0 fully saturated rings. The summed E-state index contributed by atoms with van der Waals surface area (Å²) in [5.74, 6) is 0.305. The first kappa shape index (κ1) is 18.9. The zero-order chi connectivity index (χ0) is 18.6. The number of anilines is 1. The van der Waals surface area contributed by atoms with Gasteiger partial charge >= 0.3 is 0 Å². The van der Waals surface area contributed by atoms with Gasteiger partial charge in [-0.05, 0) is 48.9 Å². The number of amides is 1. The van der Waals surface area contributed by atoms with Crippen LogP contribution in [0, 0.1) is 6.92 Å². The molecule has 0 saturated heterocycles. The summed E-state index contributed by atoms with van der Waals surface area (Å²) in [5, 5.41) is 2.72. The van der Waals surface area contributed by atoms with Gasteiger partial charge in [0.15, 0.2) is 0 Å². The SMILES string of the molecule is COc1cc(C(=O)Nc2ccc(S(=O)(=O)N(C)OC)cc2)ccc1C. The standard InChI is InChI=1S/C17H20N2O5S/c1-12-5-6-13(11-16(12)23-3)17(20)18-14-7-9-15(10-8-14)25(21,22)19(2)24-4/h5-11H,1-4H3,(H,18,20). The van der Waals surface area contributed by atoms with Crippen LogP contribution in [-0.2, 0) is 14.9 Å². The van der Waals surface area contributed by atoms with Gasteiger partial charge in [-0.1, -0.05) is 10.5 Å². The van der Waals surface area contributed by atoms with E-state index in [-0.39, 0.29) is 10.8 Å². The molecule has 0 heterocycles. The number of carbonyl (C=O) groups is 1. The molecule has 0 unspecified atom stereocenters. The van der Waals surface area contributed by atoms with Crippen LogP contribution in [0.2, 0.25) is 0 Å². The van der Waals surface area contributed by atoms with Crippen molar-refractivity contribution in [3.8, 4) is 5.75 Å². The number of methoxy groups -OCH3 is 1. The topological polar surface area (TPSA) is 84.9 Å². The highest BCUT2D eigenvalue weighted by Gasteiger charge is 2.20. The Kier molecular flexibility index (Phi) is 5.78. The Hall–Kier alpha value is -2.42. The molecule has 0 aromatic heterocycles. The lowest BCUT2D eigenvalue weighted by Crippen LogP contribution is -2.25. The number of ether oxygens (including phenoxy) is 1. The molecule has 0 bridgehead atoms. The molecule has 0 aliphatic rings. The van der Waals surface area contributed by atoms with Gasteiger partial charge in [-0.2, -0.15) is 0 Å². The van der Waals surface area contributed by atoms with Crippen molar-refractivity contribution < 1.29 is 22.8 Å². The van der Waals surface area contributed by atoms with Crippen LogP contribution in [0.15, 0.2) is 47.4 Å². The number of nitrogens with one attached hydrogen (secondary N) is 1. The third-order valence-electron chi connectivity index (χ3n) is 3.68. The number of carbonyl (C=O) groups excluding carboxylic acids is 1. The number of hydroxylamine groups is 1. The quantitative estimate of drug-likeness (QED) is 0.796. The molecule has 8 heteroatoms. The number of hydrogen-bond donors (Lipinski definition) is 1. The zero-order valence-electron chi connectivity index (χ0n) is 14.4. The number of nitrogens with zero attached hydrogens (tertiary/aromatic N) is 1. The third-order valence-corrected chi connectivity index (χ3v) is 5.37. The van der Waals surface area contributed by atoms with Crippen molar-refractivity contribution in [2.24, 2.45) is 0 Å². The number of rotatable bonds is 6. The fourth-order valence-electron chi connectivity index (χ4n) is 2.12. The molecule has 2 aromatic carbocycles. The molecule has 0 spiro atoms. The Morgan fingerprint density at radius 2 is 1.72 bits per heavy atom. The van der Waals surface area contributed by atoms with Gasteiger partial charge in [-0.3, -0.25) is 9.63 Å². The van der Waals surface area contributed by atoms with Crippen molar-refractivity contribution in [1.29, 1.82) is 0 Å². The molecule has 0 atom stereocenters. The van der Waals surface area contributed by atoms with Gasteiger partial charge in [0.2, 0.25) is 0 Å². The Morgan fingerprint density at radius 1 is 1.08 bits per heavy atom. The lowest BCUT2D eigenvalue weighted by molar-refractivity contribution is -0.0258. The van der Waals surface area contributed by atoms with Crippen molar-refractivity contribution in [3.63, 3.8) is 0 Å². The normalized spacial score (nSPS) is 11.4. The molecule has 7 nitrogen and oxygen atoms in total. The van der Waals surface area contributed by atoms with E-state index in [9.17, 15) is 13.2 Å². The van der Waals surface area contributed by atoms with E-state index in [2.05, 4.69) is 5.32 Å². The highest BCUT2D eigenvalue weighted by atomic mass is 32.2. The maximum atomic E-state index is 12.3. The van der Waals surface area contributed by atoms with Crippen LogP contribution < -0.4 is 10.1 Å². The lowest BCUT2D eigenvalue weighted by atomic mass is 10.1. The third kappa shape index (κ3) is 4.16. The number of hydrogen-bond acceptors (Lipinski definition) is 5. The summed E-state index contributed by atoms with van der Waals surface area (Å²) in [6.07, 6.45) is 0. The first-order valence-corrected chi connectivity index (χ1v) is 8.82. The fourth-order valence-corrected chi connectivity index (χ4v) is 3.09. The summed E-state index contributed by atoms with van der Waals surface area (Å²) in [7, 11) is 0.391. The molecule has 1 amide bonds. The molecule has 2 rings (SSSR count). The number of benzene rings is 2. The van der Waals surface area contributed by atoms with Crippen molar-refractivity contribution in [3.05, 3.63) is 53.6 Å². The first-order valence-electron chi connectivity index (χ1n) is 7.38. The van der Waals surface area contributed by atoms with Crippen molar-refractivity contribution in [2.75, 3.05) is 26.6 Å². The van der Waals surface area contributed by atoms with Crippen molar-refractivity contribution in [2.45, 2.75) is 11.8 Å². The van der Waals surface area contributed by atoms with E-state index >= 15 is 0 Å². The van der Waals surface area contributed by atoms with E-state index in [4.69, 9.17) is 9.57 Å². The summed E-state index contributed by atoms with van der Waals surface area (Å²) in [4.78, 5) is 17.1. The van der Waals surface area contributed by atoms with E-state index in [1.54, 1.807) is 25.3 Å². The van der Waals surface area contributed by atoms with Gasteiger partial charge in [-0.15, -0.1) is 0 Å². The molecule has 0 saturated carbocycles. The average Bonchev–Trinajstić information content (AvgIpc) is 2.61. The van der Waals surface area contributed by atoms with Crippen LogP contribution in [0.3, 0.4) is 0 Å².